The van der Waals surface area contributed by atoms with E-state index in [2.05, 4.69) is 9.72 Å². The van der Waals surface area contributed by atoms with Gasteiger partial charge in [0.2, 0.25) is 0 Å². The summed E-state index contributed by atoms with van der Waals surface area (Å²) in [5.41, 5.74) is 6.90. The van der Waals surface area contributed by atoms with Gasteiger partial charge in [-0.05, 0) is 12.1 Å². The number of carbonyl (C=O) groups excluding carboxylic acids is 1. The predicted molar refractivity (Wildman–Crippen MR) is 62.5 cm³/mol. The van der Waals surface area contributed by atoms with Crippen molar-refractivity contribution in [3.05, 3.63) is 35.0 Å². The van der Waals surface area contributed by atoms with Crippen LogP contribution in [0.2, 0.25) is 5.02 Å². The van der Waals surface area contributed by atoms with Crippen LogP contribution in [0.5, 0.6) is 0 Å². The van der Waals surface area contributed by atoms with Crippen molar-refractivity contribution in [3.8, 4) is 0 Å². The first-order valence-electron chi connectivity index (χ1n) is 4.55. The lowest BCUT2D eigenvalue weighted by Crippen LogP contribution is -2.04. The third-order valence-electron chi connectivity index (χ3n) is 2.21. The van der Waals surface area contributed by atoms with Crippen molar-refractivity contribution < 1.29 is 9.53 Å². The van der Waals surface area contributed by atoms with Crippen LogP contribution in [-0.4, -0.2) is 18.1 Å². The maximum Gasteiger partial charge on any atom is 0.341 e. The van der Waals surface area contributed by atoms with Gasteiger partial charge in [0.1, 0.15) is 5.56 Å². The molecule has 1 heterocycles. The predicted octanol–water partition coefficient (Wildman–Crippen LogP) is 2.26. The number of nitrogens with two attached hydrogens (primary N) is 1. The molecule has 0 spiro atoms. The number of nitrogens with zero attached hydrogens (tertiary/aromatic N) is 1. The van der Waals surface area contributed by atoms with Gasteiger partial charge in [0.25, 0.3) is 0 Å². The van der Waals surface area contributed by atoms with Crippen molar-refractivity contribution in [2.24, 2.45) is 0 Å². The summed E-state index contributed by atoms with van der Waals surface area (Å²) in [7, 11) is 1.30. The fourth-order valence-corrected chi connectivity index (χ4v) is 1.72. The second-order valence-electron chi connectivity index (χ2n) is 3.25. The second-order valence-corrected chi connectivity index (χ2v) is 3.66. The van der Waals surface area contributed by atoms with E-state index in [0.717, 1.165) is 5.39 Å². The number of nitrogen functional groups attached to an aromatic ring is 1. The molecule has 82 valence electrons. The smallest absolute Gasteiger partial charge is 0.341 e. The lowest BCUT2D eigenvalue weighted by Gasteiger charge is -2.06. The van der Waals surface area contributed by atoms with Crippen molar-refractivity contribution >= 4 is 34.2 Å². The van der Waals surface area contributed by atoms with Crippen LogP contribution in [0.15, 0.2) is 24.4 Å². The first-order valence-corrected chi connectivity index (χ1v) is 4.93. The lowest BCUT2D eigenvalue weighted by atomic mass is 10.1. The van der Waals surface area contributed by atoms with E-state index in [4.69, 9.17) is 17.3 Å². The Morgan fingerprint density at radius 3 is 2.94 bits per heavy atom. The molecule has 0 unspecified atom stereocenters. The van der Waals surface area contributed by atoms with Gasteiger partial charge in [-0.15, -0.1) is 0 Å². The van der Waals surface area contributed by atoms with Crippen LogP contribution < -0.4 is 5.73 Å². The van der Waals surface area contributed by atoms with E-state index in [-0.39, 0.29) is 5.56 Å². The minimum absolute atomic E-state index is 0.265. The summed E-state index contributed by atoms with van der Waals surface area (Å²) < 4.78 is 4.66. The minimum Gasteiger partial charge on any atom is -0.465 e. The summed E-state index contributed by atoms with van der Waals surface area (Å²) in [6.45, 7) is 0. The molecular formula is C11H9ClN2O2. The number of esters is 1. The number of ether oxygens (including phenoxy) is 1. The van der Waals surface area contributed by atoms with Gasteiger partial charge >= 0.3 is 5.97 Å². The van der Waals surface area contributed by atoms with Crippen molar-refractivity contribution in [2.75, 3.05) is 12.8 Å². The molecule has 2 rings (SSSR count). The fraction of sp³-hybridized carbons (Fsp3) is 0.0909. The topological polar surface area (TPSA) is 65.2 Å². The highest BCUT2D eigenvalue weighted by Crippen LogP contribution is 2.26. The van der Waals surface area contributed by atoms with Crippen molar-refractivity contribution in [1.82, 2.24) is 4.98 Å². The number of carbonyl (C=O) groups is 1. The zero-order valence-electron chi connectivity index (χ0n) is 8.53. The van der Waals surface area contributed by atoms with Crippen LogP contribution in [0.25, 0.3) is 10.9 Å². The average Bonchev–Trinajstić information content (AvgIpc) is 2.28. The summed E-state index contributed by atoms with van der Waals surface area (Å²) in [4.78, 5) is 15.7. The maximum atomic E-state index is 11.6. The number of anilines is 1. The molecule has 0 fully saturated rings. The summed E-state index contributed by atoms with van der Waals surface area (Å²) in [6, 6.07) is 5.11. The molecule has 4 nitrogen and oxygen atoms in total. The van der Waals surface area contributed by atoms with Gasteiger partial charge in [-0.25, -0.2) is 4.79 Å². The van der Waals surface area contributed by atoms with Gasteiger partial charge in [-0.2, -0.15) is 0 Å². The molecule has 0 saturated heterocycles. The van der Waals surface area contributed by atoms with E-state index in [9.17, 15) is 4.79 Å². The molecule has 0 aliphatic heterocycles. The lowest BCUT2D eigenvalue weighted by molar-refractivity contribution is 0.0603. The van der Waals surface area contributed by atoms with Gasteiger partial charge < -0.3 is 10.5 Å². The van der Waals surface area contributed by atoms with E-state index >= 15 is 0 Å². The normalized spacial score (nSPS) is 10.4. The van der Waals surface area contributed by atoms with Crippen molar-refractivity contribution in [2.45, 2.75) is 0 Å². The molecule has 0 radical (unpaired) electrons. The number of hydrogen-bond acceptors (Lipinski definition) is 4. The molecule has 5 heteroatoms. The van der Waals surface area contributed by atoms with E-state index in [1.165, 1.54) is 13.3 Å². The van der Waals surface area contributed by atoms with E-state index in [1.54, 1.807) is 18.2 Å². The van der Waals surface area contributed by atoms with Gasteiger partial charge in [-0.1, -0.05) is 17.7 Å². The van der Waals surface area contributed by atoms with Crippen LogP contribution >= 0.6 is 11.6 Å². The van der Waals surface area contributed by atoms with Crippen molar-refractivity contribution in [1.29, 1.82) is 0 Å². The van der Waals surface area contributed by atoms with Crippen LogP contribution in [0.3, 0.4) is 0 Å². The minimum atomic E-state index is -0.507. The SMILES string of the molecule is COC(=O)c1c(Cl)ccc2cc(N)cnc12. The second kappa shape index (κ2) is 3.98. The summed E-state index contributed by atoms with van der Waals surface area (Å²) in [5.74, 6) is -0.507. The molecular weight excluding hydrogens is 228 g/mol. The molecule has 2 aromatic rings. The standard InChI is InChI=1S/C11H9ClN2O2/c1-16-11(15)9-8(12)3-2-6-4-7(13)5-14-10(6)9/h2-5H,13H2,1H3. The van der Waals surface area contributed by atoms with Crippen LogP contribution in [0.4, 0.5) is 5.69 Å². The molecule has 1 aromatic heterocycles. The molecule has 0 amide bonds. The average molecular weight is 237 g/mol. The highest BCUT2D eigenvalue weighted by Gasteiger charge is 2.15. The van der Waals surface area contributed by atoms with E-state index in [0.29, 0.717) is 16.2 Å². The summed E-state index contributed by atoms with van der Waals surface area (Å²) >= 11 is 5.94. The largest absolute Gasteiger partial charge is 0.465 e. The maximum absolute atomic E-state index is 11.6. The zero-order chi connectivity index (χ0) is 11.7. The number of rotatable bonds is 1. The number of hydrogen-bond donors (Lipinski definition) is 1. The number of pyridine rings is 1. The Labute approximate surface area is 97.0 Å². The Kier molecular flexibility index (Phi) is 2.66. The number of benzene rings is 1. The summed E-state index contributed by atoms with van der Waals surface area (Å²) in [6.07, 6.45) is 1.48. The van der Waals surface area contributed by atoms with Crippen LogP contribution in [-0.2, 0) is 4.74 Å². The molecule has 2 N–H and O–H groups in total. The number of fused-ring (bicyclic) bond motifs is 1. The number of methoxy groups -OCH3 is 1. The highest BCUT2D eigenvalue weighted by molar-refractivity contribution is 6.35. The monoisotopic (exact) mass is 236 g/mol. The van der Waals surface area contributed by atoms with Gasteiger partial charge in [-0.3, -0.25) is 4.98 Å². The zero-order valence-corrected chi connectivity index (χ0v) is 9.28. The Bertz CT molecular complexity index is 569. The Morgan fingerprint density at radius 2 is 2.25 bits per heavy atom. The van der Waals surface area contributed by atoms with E-state index < -0.39 is 5.97 Å². The molecule has 0 aliphatic rings. The first-order chi connectivity index (χ1) is 7.63. The Hall–Kier alpha value is -1.81. The molecule has 1 aromatic carbocycles. The molecule has 0 bridgehead atoms. The van der Waals surface area contributed by atoms with Gasteiger partial charge in [0, 0.05) is 5.39 Å². The van der Waals surface area contributed by atoms with Crippen LogP contribution in [0, 0.1) is 0 Å². The molecule has 0 saturated carbocycles. The summed E-state index contributed by atoms with van der Waals surface area (Å²) in [5, 5.41) is 1.07. The van der Waals surface area contributed by atoms with Crippen molar-refractivity contribution in [3.63, 3.8) is 0 Å². The van der Waals surface area contributed by atoms with Gasteiger partial charge in [0.15, 0.2) is 0 Å². The Balaban J connectivity index is 2.79. The van der Waals surface area contributed by atoms with Gasteiger partial charge in [0.05, 0.1) is 29.5 Å². The quantitative estimate of drug-likeness (QED) is 0.772. The third-order valence-corrected chi connectivity index (χ3v) is 2.53. The number of aromatic nitrogens is 1. The Morgan fingerprint density at radius 1 is 1.50 bits per heavy atom. The third kappa shape index (κ3) is 1.67. The molecule has 16 heavy (non-hydrogen) atoms. The number of halogens is 1. The van der Waals surface area contributed by atoms with E-state index in [1.807, 2.05) is 0 Å². The van der Waals surface area contributed by atoms with Crippen LogP contribution in [0.1, 0.15) is 10.4 Å². The molecule has 0 aliphatic carbocycles. The first kappa shape index (κ1) is 10.7. The highest BCUT2D eigenvalue weighted by atomic mass is 35.5. The molecule has 0 atom stereocenters. The fourth-order valence-electron chi connectivity index (χ4n) is 1.49.